The SMILES string of the molecule is O=C(CCl)N(Cc1c(F)cc(F)c(F)c1F)c1ccc2c(n1)OCC2. The van der Waals surface area contributed by atoms with Gasteiger partial charge in [-0.15, -0.1) is 11.6 Å². The molecule has 0 bridgehead atoms. The van der Waals surface area contributed by atoms with Gasteiger partial charge in [0.05, 0.1) is 13.2 Å². The molecule has 1 aliphatic rings. The maximum Gasteiger partial charge on any atom is 0.243 e. The van der Waals surface area contributed by atoms with Crippen molar-refractivity contribution in [3.05, 3.63) is 52.6 Å². The second kappa shape index (κ2) is 6.87. The van der Waals surface area contributed by atoms with Gasteiger partial charge in [-0.25, -0.2) is 17.6 Å². The molecule has 132 valence electrons. The van der Waals surface area contributed by atoms with E-state index in [2.05, 4.69) is 4.98 Å². The fourth-order valence-electron chi connectivity index (χ4n) is 2.46. The van der Waals surface area contributed by atoms with Crippen LogP contribution < -0.4 is 9.64 Å². The Kier molecular flexibility index (Phi) is 4.80. The molecule has 0 spiro atoms. The Bertz CT molecular complexity index is 847. The van der Waals surface area contributed by atoms with Crippen LogP contribution in [0.15, 0.2) is 18.2 Å². The molecule has 1 aromatic heterocycles. The molecule has 4 nitrogen and oxygen atoms in total. The van der Waals surface area contributed by atoms with Gasteiger partial charge in [0.15, 0.2) is 17.5 Å². The highest BCUT2D eigenvalue weighted by molar-refractivity contribution is 6.29. The molecular weight excluding hydrogens is 364 g/mol. The van der Waals surface area contributed by atoms with Crippen LogP contribution in [0, 0.1) is 23.3 Å². The number of halogens is 5. The third kappa shape index (κ3) is 3.26. The van der Waals surface area contributed by atoms with Crippen LogP contribution in [0.2, 0.25) is 0 Å². The number of rotatable bonds is 4. The van der Waals surface area contributed by atoms with Crippen LogP contribution in [0.3, 0.4) is 0 Å². The van der Waals surface area contributed by atoms with Crippen molar-refractivity contribution in [3.63, 3.8) is 0 Å². The molecule has 0 saturated carbocycles. The lowest BCUT2D eigenvalue weighted by Gasteiger charge is -2.22. The smallest absolute Gasteiger partial charge is 0.243 e. The molecule has 1 aromatic carbocycles. The summed E-state index contributed by atoms with van der Waals surface area (Å²) in [5, 5.41) is 0. The summed E-state index contributed by atoms with van der Waals surface area (Å²) in [6.45, 7) is -0.270. The van der Waals surface area contributed by atoms with E-state index in [1.807, 2.05) is 0 Å². The van der Waals surface area contributed by atoms with E-state index in [0.29, 0.717) is 18.9 Å². The van der Waals surface area contributed by atoms with Crippen LogP contribution in [-0.4, -0.2) is 23.4 Å². The van der Waals surface area contributed by atoms with Crippen LogP contribution in [0.25, 0.3) is 0 Å². The first kappa shape index (κ1) is 17.5. The molecule has 0 aliphatic carbocycles. The number of alkyl halides is 1. The molecule has 2 aromatic rings. The van der Waals surface area contributed by atoms with E-state index >= 15 is 0 Å². The van der Waals surface area contributed by atoms with Gasteiger partial charge in [-0.2, -0.15) is 4.98 Å². The number of nitrogens with zero attached hydrogens (tertiary/aromatic N) is 2. The van der Waals surface area contributed by atoms with Gasteiger partial charge in [0.1, 0.15) is 17.5 Å². The van der Waals surface area contributed by atoms with Crippen molar-refractivity contribution in [1.82, 2.24) is 4.98 Å². The van der Waals surface area contributed by atoms with Crippen molar-refractivity contribution in [2.45, 2.75) is 13.0 Å². The van der Waals surface area contributed by atoms with Gasteiger partial charge < -0.3 is 4.74 Å². The van der Waals surface area contributed by atoms with E-state index in [9.17, 15) is 22.4 Å². The first-order valence-electron chi connectivity index (χ1n) is 7.23. The summed E-state index contributed by atoms with van der Waals surface area (Å²) in [7, 11) is 0. The first-order valence-corrected chi connectivity index (χ1v) is 7.76. The zero-order chi connectivity index (χ0) is 18.1. The molecule has 0 fully saturated rings. The van der Waals surface area contributed by atoms with Crippen molar-refractivity contribution < 1.29 is 27.1 Å². The van der Waals surface area contributed by atoms with E-state index in [1.54, 1.807) is 6.07 Å². The quantitative estimate of drug-likeness (QED) is 0.357. The van der Waals surface area contributed by atoms with E-state index < -0.39 is 47.2 Å². The predicted octanol–water partition coefficient (Wildman–Crippen LogP) is 3.34. The molecule has 3 rings (SSSR count). The van der Waals surface area contributed by atoms with Crippen LogP contribution in [0.1, 0.15) is 11.1 Å². The Hall–Kier alpha value is -2.35. The fraction of sp³-hybridized carbons (Fsp3) is 0.250. The lowest BCUT2D eigenvalue weighted by atomic mass is 10.1. The predicted molar refractivity (Wildman–Crippen MR) is 81.6 cm³/mol. The van der Waals surface area contributed by atoms with E-state index in [0.717, 1.165) is 10.5 Å². The Morgan fingerprint density at radius 3 is 2.68 bits per heavy atom. The van der Waals surface area contributed by atoms with Crippen molar-refractivity contribution in [1.29, 1.82) is 0 Å². The number of anilines is 1. The number of amides is 1. The van der Waals surface area contributed by atoms with Gasteiger partial charge in [-0.3, -0.25) is 9.69 Å². The van der Waals surface area contributed by atoms with Crippen LogP contribution in [0.4, 0.5) is 23.4 Å². The largest absolute Gasteiger partial charge is 0.477 e. The third-order valence-electron chi connectivity index (χ3n) is 3.75. The van der Waals surface area contributed by atoms with Crippen molar-refractivity contribution >= 4 is 23.3 Å². The second-order valence-corrected chi connectivity index (χ2v) is 5.56. The first-order chi connectivity index (χ1) is 11.9. The number of carbonyl (C=O) groups is 1. The minimum Gasteiger partial charge on any atom is -0.477 e. The number of ether oxygens (including phenoxy) is 1. The molecule has 1 aliphatic heterocycles. The van der Waals surface area contributed by atoms with Crippen molar-refractivity contribution in [3.8, 4) is 5.88 Å². The normalized spacial score (nSPS) is 12.7. The molecule has 0 N–H and O–H groups in total. The standard InChI is InChI=1S/C16H11ClF4N2O2/c17-6-13(24)23(12-2-1-8-3-4-25-16(8)22-12)7-9-10(18)5-11(19)15(21)14(9)20/h1-2,5H,3-4,6-7H2. The molecule has 9 heteroatoms. The van der Waals surface area contributed by atoms with Gasteiger partial charge in [-0.05, 0) is 12.1 Å². The summed E-state index contributed by atoms with van der Waals surface area (Å²) in [6.07, 6.45) is 0.651. The summed E-state index contributed by atoms with van der Waals surface area (Å²) in [4.78, 5) is 17.1. The van der Waals surface area contributed by atoms with Gasteiger partial charge in [0, 0.05) is 23.6 Å². The highest BCUT2D eigenvalue weighted by Gasteiger charge is 2.26. The average molecular weight is 375 g/mol. The number of pyridine rings is 1. The Labute approximate surface area is 145 Å². The van der Waals surface area contributed by atoms with Gasteiger partial charge >= 0.3 is 0 Å². The van der Waals surface area contributed by atoms with Crippen molar-refractivity contribution in [2.24, 2.45) is 0 Å². The Morgan fingerprint density at radius 2 is 1.96 bits per heavy atom. The number of aromatic nitrogens is 1. The number of hydrogen-bond acceptors (Lipinski definition) is 3. The van der Waals surface area contributed by atoms with Crippen LogP contribution in [0.5, 0.6) is 5.88 Å². The summed E-state index contributed by atoms with van der Waals surface area (Å²) in [6, 6.07) is 3.35. The topological polar surface area (TPSA) is 42.4 Å². The maximum atomic E-state index is 13.9. The van der Waals surface area contributed by atoms with Crippen molar-refractivity contribution in [2.75, 3.05) is 17.4 Å². The number of carbonyl (C=O) groups excluding carboxylic acids is 1. The summed E-state index contributed by atoms with van der Waals surface area (Å²) in [5.74, 6) is -7.37. The average Bonchev–Trinajstić information content (AvgIpc) is 3.07. The highest BCUT2D eigenvalue weighted by Crippen LogP contribution is 2.28. The lowest BCUT2D eigenvalue weighted by Crippen LogP contribution is -2.33. The monoisotopic (exact) mass is 374 g/mol. The van der Waals surface area contributed by atoms with E-state index in [-0.39, 0.29) is 11.9 Å². The van der Waals surface area contributed by atoms with E-state index in [1.165, 1.54) is 6.07 Å². The van der Waals surface area contributed by atoms with Crippen LogP contribution >= 0.6 is 11.6 Å². The Morgan fingerprint density at radius 1 is 1.20 bits per heavy atom. The van der Waals surface area contributed by atoms with Gasteiger partial charge in [0.2, 0.25) is 11.8 Å². The highest BCUT2D eigenvalue weighted by atomic mass is 35.5. The third-order valence-corrected chi connectivity index (χ3v) is 3.98. The molecule has 1 amide bonds. The molecule has 0 unspecified atom stereocenters. The number of benzene rings is 1. The summed E-state index contributed by atoms with van der Waals surface area (Å²) < 4.78 is 59.6. The zero-order valence-corrected chi connectivity index (χ0v) is 13.4. The molecule has 0 atom stereocenters. The summed E-state index contributed by atoms with van der Waals surface area (Å²) >= 11 is 5.54. The summed E-state index contributed by atoms with van der Waals surface area (Å²) in [5.41, 5.74) is 0.0211. The maximum absolute atomic E-state index is 13.9. The molecular formula is C16H11ClF4N2O2. The zero-order valence-electron chi connectivity index (χ0n) is 12.7. The molecule has 0 radical (unpaired) electrons. The van der Waals surface area contributed by atoms with Gasteiger partial charge in [-0.1, -0.05) is 0 Å². The molecule has 0 saturated heterocycles. The van der Waals surface area contributed by atoms with Crippen LogP contribution in [-0.2, 0) is 17.8 Å². The van der Waals surface area contributed by atoms with E-state index in [4.69, 9.17) is 16.3 Å². The number of fused-ring (bicyclic) bond motifs is 1. The lowest BCUT2D eigenvalue weighted by molar-refractivity contribution is -0.116. The minimum atomic E-state index is -1.82. The molecule has 2 heterocycles. The Balaban J connectivity index is 2.01. The minimum absolute atomic E-state index is 0.0369. The second-order valence-electron chi connectivity index (χ2n) is 5.29. The fourth-order valence-corrected chi connectivity index (χ4v) is 2.60. The number of hydrogen-bond donors (Lipinski definition) is 0. The van der Waals surface area contributed by atoms with Gasteiger partial charge in [0.25, 0.3) is 0 Å². The molecule has 25 heavy (non-hydrogen) atoms.